The molecule has 1 aromatic carbocycles. The van der Waals surface area contributed by atoms with Crippen molar-refractivity contribution in [2.24, 2.45) is 5.92 Å². The van der Waals surface area contributed by atoms with Crippen LogP contribution in [0.1, 0.15) is 26.2 Å². The van der Waals surface area contributed by atoms with Gasteiger partial charge in [0.15, 0.2) is 0 Å². The van der Waals surface area contributed by atoms with Crippen LogP contribution in [0.3, 0.4) is 0 Å². The highest BCUT2D eigenvalue weighted by molar-refractivity contribution is 5.47. The second kappa shape index (κ2) is 5.35. The number of anilines is 1. The van der Waals surface area contributed by atoms with Crippen molar-refractivity contribution in [3.63, 3.8) is 0 Å². The molecule has 1 aromatic rings. The maximum atomic E-state index is 13.8. The molecule has 0 amide bonds. The molecular weight excluding hydrogens is 257 g/mol. The van der Waals surface area contributed by atoms with Gasteiger partial charge in [-0.05, 0) is 30.9 Å². The molecule has 1 saturated heterocycles. The molecule has 3 nitrogen and oxygen atoms in total. The molecule has 2 aliphatic rings. The first-order chi connectivity index (χ1) is 9.66. The molecule has 0 radical (unpaired) electrons. The van der Waals surface area contributed by atoms with E-state index in [-0.39, 0.29) is 5.82 Å². The molecule has 1 fully saturated rings. The molecule has 0 N–H and O–H groups in total. The van der Waals surface area contributed by atoms with Gasteiger partial charge in [0.1, 0.15) is 18.3 Å². The number of piperidine rings is 1. The van der Waals surface area contributed by atoms with Crippen LogP contribution in [0, 0.1) is 11.7 Å². The van der Waals surface area contributed by atoms with Crippen molar-refractivity contribution in [2.75, 3.05) is 18.0 Å². The lowest BCUT2D eigenvalue weighted by molar-refractivity contribution is -0.140. The molecule has 0 saturated carbocycles. The van der Waals surface area contributed by atoms with E-state index >= 15 is 0 Å². The van der Waals surface area contributed by atoms with E-state index in [2.05, 4.69) is 4.90 Å². The molecule has 0 spiro atoms. The van der Waals surface area contributed by atoms with E-state index in [1.807, 2.05) is 19.1 Å². The van der Waals surface area contributed by atoms with Gasteiger partial charge in [0.2, 0.25) is 5.79 Å². The molecule has 2 aliphatic heterocycles. The molecule has 0 atom stereocenters. The van der Waals surface area contributed by atoms with Crippen LogP contribution in [0.25, 0.3) is 0 Å². The Balaban J connectivity index is 1.56. The van der Waals surface area contributed by atoms with Crippen molar-refractivity contribution in [3.05, 3.63) is 42.6 Å². The first kappa shape index (κ1) is 13.3. The SMILES string of the molecule is CC1(CC2CCN(c3ccccc3F)CC2)OC=CO1. The molecule has 3 rings (SSSR count). The predicted octanol–water partition coefficient (Wildman–Crippen LogP) is 3.67. The monoisotopic (exact) mass is 277 g/mol. The zero-order valence-electron chi connectivity index (χ0n) is 11.7. The Morgan fingerprint density at radius 1 is 1.20 bits per heavy atom. The Kier molecular flexibility index (Phi) is 3.55. The fourth-order valence-electron chi connectivity index (χ4n) is 3.08. The van der Waals surface area contributed by atoms with E-state index in [0.717, 1.165) is 32.4 Å². The van der Waals surface area contributed by atoms with Gasteiger partial charge in [-0.2, -0.15) is 0 Å². The van der Waals surface area contributed by atoms with Gasteiger partial charge in [-0.15, -0.1) is 0 Å². The van der Waals surface area contributed by atoms with Crippen LogP contribution >= 0.6 is 0 Å². The van der Waals surface area contributed by atoms with Crippen LogP contribution in [-0.2, 0) is 9.47 Å². The third kappa shape index (κ3) is 2.74. The van der Waals surface area contributed by atoms with Crippen molar-refractivity contribution in [1.82, 2.24) is 0 Å². The summed E-state index contributed by atoms with van der Waals surface area (Å²) >= 11 is 0. The molecule has 108 valence electrons. The number of halogens is 1. The van der Waals surface area contributed by atoms with Gasteiger partial charge >= 0.3 is 0 Å². The van der Waals surface area contributed by atoms with Crippen molar-refractivity contribution in [2.45, 2.75) is 32.0 Å². The number of ether oxygens (including phenoxy) is 2. The number of nitrogens with zero attached hydrogens (tertiary/aromatic N) is 1. The van der Waals surface area contributed by atoms with E-state index in [0.29, 0.717) is 11.6 Å². The molecule has 0 unspecified atom stereocenters. The summed E-state index contributed by atoms with van der Waals surface area (Å²) in [4.78, 5) is 2.13. The van der Waals surface area contributed by atoms with Crippen LogP contribution in [0.2, 0.25) is 0 Å². The molecule has 4 heteroatoms. The van der Waals surface area contributed by atoms with E-state index in [4.69, 9.17) is 9.47 Å². The third-order valence-corrected chi connectivity index (χ3v) is 4.16. The van der Waals surface area contributed by atoms with Crippen molar-refractivity contribution in [1.29, 1.82) is 0 Å². The fraction of sp³-hybridized carbons (Fsp3) is 0.500. The third-order valence-electron chi connectivity index (χ3n) is 4.16. The normalized spacial score (nSPS) is 21.6. The molecule has 0 aromatic heterocycles. The summed E-state index contributed by atoms with van der Waals surface area (Å²) in [6.45, 7) is 3.74. The number of benzene rings is 1. The van der Waals surface area contributed by atoms with Crippen molar-refractivity contribution >= 4 is 5.69 Å². The standard InChI is InChI=1S/C16H20FNO2/c1-16(19-10-11-20-16)12-13-6-8-18(9-7-13)15-5-3-2-4-14(15)17/h2-5,10-11,13H,6-9,12H2,1H3. The summed E-state index contributed by atoms with van der Waals surface area (Å²) in [7, 11) is 0. The van der Waals surface area contributed by atoms with Gasteiger partial charge in [-0.1, -0.05) is 12.1 Å². The average Bonchev–Trinajstić information content (AvgIpc) is 2.87. The Hall–Kier alpha value is -1.71. The summed E-state index contributed by atoms with van der Waals surface area (Å²) in [6, 6.07) is 6.99. The van der Waals surface area contributed by atoms with Gasteiger partial charge in [0.25, 0.3) is 0 Å². The topological polar surface area (TPSA) is 21.7 Å². The Bertz CT molecular complexity index is 487. The lowest BCUT2D eigenvalue weighted by atomic mass is 9.90. The number of para-hydroxylation sites is 1. The zero-order valence-corrected chi connectivity index (χ0v) is 11.7. The molecule has 0 bridgehead atoms. The molecule has 0 aliphatic carbocycles. The number of hydrogen-bond donors (Lipinski definition) is 0. The van der Waals surface area contributed by atoms with E-state index in [1.54, 1.807) is 18.6 Å². The fourth-order valence-corrected chi connectivity index (χ4v) is 3.08. The average molecular weight is 277 g/mol. The quantitative estimate of drug-likeness (QED) is 0.841. The molecule has 2 heterocycles. The van der Waals surface area contributed by atoms with Gasteiger partial charge in [-0.25, -0.2) is 4.39 Å². The Morgan fingerprint density at radius 2 is 1.85 bits per heavy atom. The molecular formula is C16H20FNO2. The van der Waals surface area contributed by atoms with Gasteiger partial charge < -0.3 is 14.4 Å². The minimum absolute atomic E-state index is 0.135. The Morgan fingerprint density at radius 3 is 2.50 bits per heavy atom. The maximum Gasteiger partial charge on any atom is 0.247 e. The van der Waals surface area contributed by atoms with Crippen molar-refractivity contribution in [3.8, 4) is 0 Å². The van der Waals surface area contributed by atoms with Crippen LogP contribution in [0.15, 0.2) is 36.8 Å². The largest absolute Gasteiger partial charge is 0.457 e. The maximum absolute atomic E-state index is 13.8. The van der Waals surface area contributed by atoms with Crippen LogP contribution in [0.4, 0.5) is 10.1 Å². The first-order valence-electron chi connectivity index (χ1n) is 7.16. The summed E-state index contributed by atoms with van der Waals surface area (Å²) in [6.07, 6.45) is 6.17. The predicted molar refractivity (Wildman–Crippen MR) is 75.7 cm³/mol. The second-order valence-electron chi connectivity index (χ2n) is 5.73. The minimum Gasteiger partial charge on any atom is -0.457 e. The summed E-state index contributed by atoms with van der Waals surface area (Å²) in [5.74, 6) is -0.0855. The number of rotatable bonds is 3. The van der Waals surface area contributed by atoms with E-state index in [9.17, 15) is 4.39 Å². The highest BCUT2D eigenvalue weighted by Gasteiger charge is 2.34. The number of hydrogen-bond acceptors (Lipinski definition) is 3. The van der Waals surface area contributed by atoms with Crippen molar-refractivity contribution < 1.29 is 13.9 Å². The summed E-state index contributed by atoms with van der Waals surface area (Å²) in [5.41, 5.74) is 0.715. The summed E-state index contributed by atoms with van der Waals surface area (Å²) < 4.78 is 24.8. The van der Waals surface area contributed by atoms with Gasteiger partial charge in [0.05, 0.1) is 5.69 Å². The second-order valence-corrected chi connectivity index (χ2v) is 5.73. The lowest BCUT2D eigenvalue weighted by Crippen LogP contribution is -2.38. The first-order valence-corrected chi connectivity index (χ1v) is 7.16. The molecule has 20 heavy (non-hydrogen) atoms. The van der Waals surface area contributed by atoms with E-state index < -0.39 is 5.79 Å². The van der Waals surface area contributed by atoms with Gasteiger partial charge in [-0.3, -0.25) is 0 Å². The zero-order chi connectivity index (χ0) is 14.0. The van der Waals surface area contributed by atoms with Crippen LogP contribution in [0.5, 0.6) is 0 Å². The van der Waals surface area contributed by atoms with Crippen LogP contribution < -0.4 is 4.90 Å². The van der Waals surface area contributed by atoms with Gasteiger partial charge in [0, 0.05) is 26.4 Å². The highest BCUT2D eigenvalue weighted by atomic mass is 19.1. The van der Waals surface area contributed by atoms with E-state index in [1.165, 1.54) is 6.07 Å². The highest BCUT2D eigenvalue weighted by Crippen LogP contribution is 2.33. The summed E-state index contributed by atoms with van der Waals surface area (Å²) in [5, 5.41) is 0. The minimum atomic E-state index is -0.509. The smallest absolute Gasteiger partial charge is 0.247 e. The Labute approximate surface area is 119 Å². The van der Waals surface area contributed by atoms with Crippen LogP contribution in [-0.4, -0.2) is 18.9 Å². The lowest BCUT2D eigenvalue weighted by Gasteiger charge is -2.36.